The van der Waals surface area contributed by atoms with Gasteiger partial charge in [-0.25, -0.2) is 0 Å². The molecule has 6 rings (SSSR count). The Morgan fingerprint density at radius 1 is 1.07 bits per heavy atom. The number of likely N-dealkylation sites (tertiary alicyclic amines) is 1. The van der Waals surface area contributed by atoms with Crippen LogP contribution < -0.4 is 10.6 Å². The van der Waals surface area contributed by atoms with Gasteiger partial charge in [0.1, 0.15) is 6.04 Å². The molecule has 9 heteroatoms. The van der Waals surface area contributed by atoms with Crippen molar-refractivity contribution in [3.05, 3.63) is 78.4 Å². The van der Waals surface area contributed by atoms with Gasteiger partial charge in [-0.3, -0.25) is 14.4 Å². The minimum absolute atomic E-state index is 0.0221. The van der Waals surface area contributed by atoms with Gasteiger partial charge in [-0.15, -0.1) is 11.8 Å². The predicted octanol–water partition coefficient (Wildman–Crippen LogP) is 4.97. The van der Waals surface area contributed by atoms with Crippen molar-refractivity contribution >= 4 is 61.9 Å². The van der Waals surface area contributed by atoms with E-state index in [9.17, 15) is 19.5 Å². The first-order valence-electron chi connectivity index (χ1n) is 14.6. The van der Waals surface area contributed by atoms with Crippen LogP contribution in [0.2, 0.25) is 0 Å². The van der Waals surface area contributed by atoms with E-state index in [-0.39, 0.29) is 40.3 Å². The molecule has 3 aromatic carbocycles. The maximum atomic E-state index is 14.5. The number of aliphatic hydroxyl groups is 1. The number of fused-ring (bicyclic) bond motifs is 2. The zero-order valence-corrected chi connectivity index (χ0v) is 26.1. The lowest BCUT2D eigenvalue weighted by Gasteiger charge is -2.39. The summed E-state index contributed by atoms with van der Waals surface area (Å²) < 4.78 is -0.785. The van der Waals surface area contributed by atoms with Gasteiger partial charge in [-0.1, -0.05) is 96.9 Å². The lowest BCUT2D eigenvalue weighted by atomic mass is 9.70. The summed E-state index contributed by atoms with van der Waals surface area (Å²) in [6, 6.07) is 22.1. The average Bonchev–Trinajstić information content (AvgIpc) is 3.60. The van der Waals surface area contributed by atoms with E-state index < -0.39 is 28.7 Å². The third kappa shape index (κ3) is 4.83. The van der Waals surface area contributed by atoms with Crippen LogP contribution in [-0.4, -0.2) is 61.2 Å². The minimum Gasteiger partial charge on any atom is -0.394 e. The van der Waals surface area contributed by atoms with Gasteiger partial charge >= 0.3 is 0 Å². The molecule has 3 heterocycles. The Balaban J connectivity index is 1.35. The first-order chi connectivity index (χ1) is 20.3. The zero-order valence-electron chi connectivity index (χ0n) is 23.7. The Morgan fingerprint density at radius 3 is 2.50 bits per heavy atom. The summed E-state index contributed by atoms with van der Waals surface area (Å²) in [6.07, 6.45) is 1.33. The van der Waals surface area contributed by atoms with Crippen LogP contribution in [-0.2, 0) is 20.9 Å². The normalized spacial score (nSPS) is 29.4. The largest absolute Gasteiger partial charge is 0.394 e. The molecule has 3 aliphatic heterocycles. The van der Waals surface area contributed by atoms with E-state index in [1.807, 2.05) is 86.6 Å². The SMILES string of the molecule is CC[C@H](C)[C@H](CO)N1C(=O)[C@@H]2[C@@H](C(=O)NCc3ccccc3)[C@@H]3SC2(CC3Br)C1C(=O)Nc1ccc2ccccc2c1. The molecule has 0 aromatic heterocycles. The van der Waals surface area contributed by atoms with E-state index in [4.69, 9.17) is 0 Å². The number of carbonyl (C=O) groups excluding carboxylic acids is 3. The highest BCUT2D eigenvalue weighted by Crippen LogP contribution is 2.68. The molecule has 0 radical (unpaired) electrons. The molecule has 7 nitrogen and oxygen atoms in total. The Hall–Kier alpha value is -2.88. The van der Waals surface area contributed by atoms with Crippen LogP contribution in [0.5, 0.6) is 0 Å². The van der Waals surface area contributed by atoms with Gasteiger partial charge in [-0.05, 0) is 40.8 Å². The van der Waals surface area contributed by atoms with Crippen molar-refractivity contribution in [3.8, 4) is 0 Å². The van der Waals surface area contributed by atoms with Crippen molar-refractivity contribution in [1.82, 2.24) is 10.2 Å². The molecule has 0 saturated carbocycles. The standard InChI is InChI=1S/C33H36BrN3O4S/c1-3-19(2)25(18-38)37-29(31(40)36-23-14-13-21-11-7-8-12-22(21)15-23)33-16-24(34)28(42-33)26(27(33)32(37)41)30(39)35-17-20-9-5-4-6-10-20/h4-15,19,24-29,38H,3,16-18H2,1-2H3,(H,35,39)(H,36,40)/t19-,24?,25-,26+,27-,28+,29?,33?/m0/s1. The summed E-state index contributed by atoms with van der Waals surface area (Å²) in [4.78, 5) is 44.2. The monoisotopic (exact) mass is 649 g/mol. The highest BCUT2D eigenvalue weighted by atomic mass is 79.9. The number of nitrogens with one attached hydrogen (secondary N) is 2. The van der Waals surface area contributed by atoms with Crippen molar-refractivity contribution in [3.63, 3.8) is 0 Å². The fraction of sp³-hybridized carbons (Fsp3) is 0.424. The molecule has 3 fully saturated rings. The summed E-state index contributed by atoms with van der Waals surface area (Å²) in [5.41, 5.74) is 1.64. The molecule has 3 saturated heterocycles. The average molecular weight is 651 g/mol. The highest BCUT2D eigenvalue weighted by Gasteiger charge is 2.76. The quantitative estimate of drug-likeness (QED) is 0.285. The fourth-order valence-corrected chi connectivity index (χ4v) is 10.8. The Morgan fingerprint density at radius 2 is 1.79 bits per heavy atom. The summed E-state index contributed by atoms with van der Waals surface area (Å²) >= 11 is 5.43. The number of halogens is 1. The summed E-state index contributed by atoms with van der Waals surface area (Å²) in [6.45, 7) is 4.14. The van der Waals surface area contributed by atoms with Crippen molar-refractivity contribution in [2.24, 2.45) is 17.8 Å². The number of thioether (sulfide) groups is 1. The number of alkyl halides is 1. The van der Waals surface area contributed by atoms with Gasteiger partial charge in [0.25, 0.3) is 0 Å². The zero-order chi connectivity index (χ0) is 29.6. The molecular weight excluding hydrogens is 614 g/mol. The van der Waals surface area contributed by atoms with Crippen LogP contribution in [0.4, 0.5) is 5.69 Å². The van der Waals surface area contributed by atoms with Gasteiger partial charge in [0.2, 0.25) is 17.7 Å². The van der Waals surface area contributed by atoms with E-state index in [0.29, 0.717) is 18.7 Å². The van der Waals surface area contributed by atoms with Crippen molar-refractivity contribution in [2.75, 3.05) is 11.9 Å². The molecule has 3 unspecified atom stereocenters. The van der Waals surface area contributed by atoms with E-state index in [0.717, 1.165) is 22.8 Å². The lowest BCUT2D eigenvalue weighted by molar-refractivity contribution is -0.143. The number of amides is 3. The number of carbonyl (C=O) groups is 3. The van der Waals surface area contributed by atoms with Crippen molar-refractivity contribution < 1.29 is 19.5 Å². The van der Waals surface area contributed by atoms with E-state index >= 15 is 0 Å². The van der Waals surface area contributed by atoms with E-state index in [1.165, 1.54) is 0 Å². The number of benzene rings is 3. The molecule has 8 atom stereocenters. The molecule has 3 aliphatic rings. The molecule has 0 aliphatic carbocycles. The maximum Gasteiger partial charge on any atom is 0.248 e. The molecule has 3 N–H and O–H groups in total. The first kappa shape index (κ1) is 29.2. The second-order valence-electron chi connectivity index (χ2n) is 11.8. The van der Waals surface area contributed by atoms with Gasteiger partial charge in [0.05, 0.1) is 29.2 Å². The van der Waals surface area contributed by atoms with Crippen LogP contribution in [0.3, 0.4) is 0 Å². The van der Waals surface area contributed by atoms with E-state index in [1.54, 1.807) is 16.7 Å². The molecule has 220 valence electrons. The minimum atomic E-state index is -0.824. The van der Waals surface area contributed by atoms with Crippen LogP contribution in [0.25, 0.3) is 10.8 Å². The topological polar surface area (TPSA) is 98.7 Å². The molecule has 1 spiro atoms. The van der Waals surface area contributed by atoms with Crippen molar-refractivity contribution in [1.29, 1.82) is 0 Å². The van der Waals surface area contributed by atoms with Gasteiger partial charge in [-0.2, -0.15) is 0 Å². The Labute approximate surface area is 258 Å². The lowest BCUT2D eigenvalue weighted by Crippen LogP contribution is -2.56. The second-order valence-corrected chi connectivity index (χ2v) is 14.5. The smallest absolute Gasteiger partial charge is 0.248 e. The number of hydrogen-bond donors (Lipinski definition) is 3. The molecule has 42 heavy (non-hydrogen) atoms. The van der Waals surface area contributed by atoms with Crippen LogP contribution in [0, 0.1) is 17.8 Å². The summed E-state index contributed by atoms with van der Waals surface area (Å²) in [5.74, 6) is -1.91. The molecular formula is C33H36BrN3O4S. The first-order valence-corrected chi connectivity index (χ1v) is 16.4. The number of hydrogen-bond acceptors (Lipinski definition) is 5. The second kappa shape index (κ2) is 11.7. The fourth-order valence-electron chi connectivity index (χ4n) is 7.22. The Bertz CT molecular complexity index is 1500. The number of anilines is 1. The van der Waals surface area contributed by atoms with Crippen molar-refractivity contribution in [2.45, 2.75) is 60.1 Å². The number of aliphatic hydroxyl groups excluding tert-OH is 1. The third-order valence-corrected chi connectivity index (χ3v) is 12.7. The highest BCUT2D eigenvalue weighted by molar-refractivity contribution is 9.09. The van der Waals surface area contributed by atoms with Crippen LogP contribution >= 0.6 is 27.7 Å². The van der Waals surface area contributed by atoms with Gasteiger partial charge in [0, 0.05) is 22.3 Å². The van der Waals surface area contributed by atoms with Gasteiger partial charge in [0.15, 0.2) is 0 Å². The van der Waals surface area contributed by atoms with Crippen LogP contribution in [0.1, 0.15) is 32.3 Å². The predicted molar refractivity (Wildman–Crippen MR) is 170 cm³/mol. The van der Waals surface area contributed by atoms with E-state index in [2.05, 4.69) is 26.6 Å². The summed E-state index contributed by atoms with van der Waals surface area (Å²) in [7, 11) is 0. The Kier molecular flexibility index (Phi) is 8.11. The molecule has 3 amide bonds. The summed E-state index contributed by atoms with van der Waals surface area (Å²) in [5, 5.41) is 18.7. The molecule has 2 bridgehead atoms. The van der Waals surface area contributed by atoms with Gasteiger partial charge < -0.3 is 20.6 Å². The third-order valence-electron chi connectivity index (χ3n) is 9.45. The maximum absolute atomic E-state index is 14.5. The molecule has 3 aromatic rings. The number of rotatable bonds is 9. The van der Waals surface area contributed by atoms with Crippen LogP contribution in [0.15, 0.2) is 72.8 Å². The number of nitrogens with zero attached hydrogens (tertiary/aromatic N) is 1.